The lowest BCUT2D eigenvalue weighted by Crippen LogP contribution is -2.21. The third-order valence-corrected chi connectivity index (χ3v) is 3.22. The zero-order valence-electron chi connectivity index (χ0n) is 14.4. The molecule has 0 saturated carbocycles. The Labute approximate surface area is 146 Å². The predicted octanol–water partition coefficient (Wildman–Crippen LogP) is 3.50. The highest BCUT2D eigenvalue weighted by atomic mass is 16.5. The number of hydrogen-bond donors (Lipinski definition) is 2. The predicted molar refractivity (Wildman–Crippen MR) is 94.5 cm³/mol. The van der Waals surface area contributed by atoms with Crippen LogP contribution in [0.3, 0.4) is 0 Å². The van der Waals surface area contributed by atoms with Gasteiger partial charge in [-0.3, -0.25) is 4.79 Å². The van der Waals surface area contributed by atoms with E-state index in [9.17, 15) is 9.59 Å². The number of hydrogen-bond acceptors (Lipinski definition) is 4. The largest absolute Gasteiger partial charge is 0.489 e. The molecule has 0 bridgehead atoms. The highest BCUT2D eigenvalue weighted by Gasteiger charge is 2.13. The van der Waals surface area contributed by atoms with Crippen LogP contribution in [0.4, 0.5) is 5.69 Å². The van der Waals surface area contributed by atoms with Crippen molar-refractivity contribution in [3.05, 3.63) is 53.6 Å². The summed E-state index contributed by atoms with van der Waals surface area (Å²) in [5.41, 5.74) is 1.39. The molecule has 25 heavy (non-hydrogen) atoms. The number of carboxylic acids is 1. The number of carbonyl (C=O) groups excluding carboxylic acids is 1. The fourth-order valence-electron chi connectivity index (χ4n) is 2.16. The molecule has 2 N–H and O–H groups in total. The molecule has 2 aromatic rings. The second kappa shape index (κ2) is 8.19. The van der Waals surface area contributed by atoms with Gasteiger partial charge in [0.05, 0.1) is 17.4 Å². The molecule has 132 valence electrons. The number of benzene rings is 2. The van der Waals surface area contributed by atoms with Gasteiger partial charge < -0.3 is 19.9 Å². The van der Waals surface area contributed by atoms with E-state index in [1.54, 1.807) is 6.07 Å². The maximum Gasteiger partial charge on any atom is 0.335 e. The van der Waals surface area contributed by atoms with Gasteiger partial charge in [-0.1, -0.05) is 12.1 Å². The molecule has 0 aliphatic heterocycles. The Bertz CT molecular complexity index is 770. The van der Waals surface area contributed by atoms with Crippen LogP contribution in [0, 0.1) is 6.92 Å². The zero-order chi connectivity index (χ0) is 18.4. The fraction of sp³-hybridized carbons (Fsp3) is 0.263. The van der Waals surface area contributed by atoms with E-state index in [2.05, 4.69) is 5.32 Å². The van der Waals surface area contributed by atoms with Crippen molar-refractivity contribution in [3.8, 4) is 11.5 Å². The lowest BCUT2D eigenvalue weighted by molar-refractivity contribution is -0.118. The van der Waals surface area contributed by atoms with Crippen LogP contribution in [0.25, 0.3) is 0 Å². The summed E-state index contributed by atoms with van der Waals surface area (Å²) in [5, 5.41) is 11.8. The number of amides is 1. The quantitative estimate of drug-likeness (QED) is 0.804. The van der Waals surface area contributed by atoms with E-state index in [-0.39, 0.29) is 18.3 Å². The summed E-state index contributed by atoms with van der Waals surface area (Å²) in [6.07, 6.45) is -0.116. The number of carbonyl (C=O) groups is 2. The molecule has 0 radical (unpaired) electrons. The van der Waals surface area contributed by atoms with Crippen LogP contribution in [0.2, 0.25) is 0 Å². The molecular weight excluding hydrogens is 322 g/mol. The number of rotatable bonds is 7. The van der Waals surface area contributed by atoms with E-state index < -0.39 is 11.9 Å². The Morgan fingerprint density at radius 2 is 1.92 bits per heavy atom. The zero-order valence-corrected chi connectivity index (χ0v) is 14.4. The Morgan fingerprint density at radius 3 is 2.56 bits per heavy atom. The molecule has 0 aliphatic rings. The Hall–Kier alpha value is -3.02. The topological polar surface area (TPSA) is 84.9 Å². The lowest BCUT2D eigenvalue weighted by atomic mass is 10.2. The van der Waals surface area contributed by atoms with Gasteiger partial charge in [0.2, 0.25) is 0 Å². The minimum absolute atomic E-state index is 0.0611. The average Bonchev–Trinajstić information content (AvgIpc) is 2.54. The fourth-order valence-corrected chi connectivity index (χ4v) is 2.16. The smallest absolute Gasteiger partial charge is 0.335 e. The van der Waals surface area contributed by atoms with Crippen LogP contribution in [-0.2, 0) is 4.79 Å². The van der Waals surface area contributed by atoms with Crippen LogP contribution in [0.5, 0.6) is 11.5 Å². The summed E-state index contributed by atoms with van der Waals surface area (Å²) in [7, 11) is 0. The molecule has 0 unspecified atom stereocenters. The monoisotopic (exact) mass is 343 g/mol. The van der Waals surface area contributed by atoms with E-state index in [0.717, 1.165) is 5.56 Å². The molecule has 0 heterocycles. The van der Waals surface area contributed by atoms with E-state index in [4.69, 9.17) is 14.6 Å². The number of carboxylic acid groups (broad SMARTS) is 1. The first-order valence-corrected chi connectivity index (χ1v) is 7.88. The van der Waals surface area contributed by atoms with Crippen LogP contribution in [-0.4, -0.2) is 29.7 Å². The second-order valence-corrected chi connectivity index (χ2v) is 5.84. The molecule has 0 atom stereocenters. The lowest BCUT2D eigenvalue weighted by Gasteiger charge is -2.16. The minimum Gasteiger partial charge on any atom is -0.489 e. The van der Waals surface area contributed by atoms with Gasteiger partial charge >= 0.3 is 5.97 Å². The van der Waals surface area contributed by atoms with E-state index >= 15 is 0 Å². The van der Waals surface area contributed by atoms with Gasteiger partial charge in [-0.05, 0) is 56.7 Å². The molecular formula is C19H21NO5. The molecule has 2 aromatic carbocycles. The second-order valence-electron chi connectivity index (χ2n) is 5.84. The van der Waals surface area contributed by atoms with Crippen molar-refractivity contribution < 1.29 is 24.2 Å². The number of aryl methyl sites for hydroxylation is 1. The van der Waals surface area contributed by atoms with Crippen molar-refractivity contribution >= 4 is 17.6 Å². The first-order chi connectivity index (χ1) is 11.8. The standard InChI is InChI=1S/C19H21NO5/c1-12(2)25-17-8-7-14(19(22)23)10-16(17)20-18(21)11-24-15-6-4-5-13(3)9-15/h4-10,12H,11H2,1-3H3,(H,20,21)(H,22,23). The molecule has 0 aliphatic carbocycles. The first kappa shape index (κ1) is 18.3. The molecule has 2 rings (SSSR count). The van der Waals surface area contributed by atoms with E-state index in [1.807, 2.05) is 39.0 Å². The van der Waals surface area contributed by atoms with Gasteiger partial charge in [-0.25, -0.2) is 4.79 Å². The van der Waals surface area contributed by atoms with Gasteiger partial charge in [0.1, 0.15) is 11.5 Å². The summed E-state index contributed by atoms with van der Waals surface area (Å²) in [6.45, 7) is 5.43. The number of anilines is 1. The van der Waals surface area contributed by atoms with Crippen LogP contribution >= 0.6 is 0 Å². The van der Waals surface area contributed by atoms with Crippen LogP contribution < -0.4 is 14.8 Å². The number of ether oxygens (including phenoxy) is 2. The van der Waals surface area contributed by atoms with Crippen molar-refractivity contribution in [1.82, 2.24) is 0 Å². The summed E-state index contributed by atoms with van der Waals surface area (Å²) in [4.78, 5) is 23.3. The van der Waals surface area contributed by atoms with Gasteiger partial charge in [0, 0.05) is 0 Å². The minimum atomic E-state index is -1.08. The van der Waals surface area contributed by atoms with Gasteiger partial charge in [0.15, 0.2) is 6.61 Å². The SMILES string of the molecule is Cc1cccc(OCC(=O)Nc2cc(C(=O)O)ccc2OC(C)C)c1. The normalized spacial score (nSPS) is 10.4. The Kier molecular flexibility index (Phi) is 6.00. The number of nitrogens with one attached hydrogen (secondary N) is 1. The van der Waals surface area contributed by atoms with E-state index in [1.165, 1.54) is 18.2 Å². The maximum absolute atomic E-state index is 12.2. The first-order valence-electron chi connectivity index (χ1n) is 7.88. The average molecular weight is 343 g/mol. The molecule has 6 heteroatoms. The summed E-state index contributed by atoms with van der Waals surface area (Å²) >= 11 is 0. The van der Waals surface area contributed by atoms with Crippen LogP contribution in [0.1, 0.15) is 29.8 Å². The Balaban J connectivity index is 2.09. The molecule has 6 nitrogen and oxygen atoms in total. The third-order valence-electron chi connectivity index (χ3n) is 3.22. The summed E-state index contributed by atoms with van der Waals surface area (Å²) in [6, 6.07) is 11.7. The van der Waals surface area contributed by atoms with Crippen molar-refractivity contribution in [3.63, 3.8) is 0 Å². The summed E-state index contributed by atoms with van der Waals surface area (Å²) in [5.74, 6) is -0.489. The van der Waals surface area contributed by atoms with Gasteiger partial charge in [-0.2, -0.15) is 0 Å². The van der Waals surface area contributed by atoms with Crippen LogP contribution in [0.15, 0.2) is 42.5 Å². The van der Waals surface area contributed by atoms with Crippen molar-refractivity contribution in [1.29, 1.82) is 0 Å². The Morgan fingerprint density at radius 1 is 1.16 bits per heavy atom. The molecule has 0 spiro atoms. The van der Waals surface area contributed by atoms with Crippen molar-refractivity contribution in [2.45, 2.75) is 26.9 Å². The number of aromatic carboxylic acids is 1. The molecule has 0 saturated heterocycles. The van der Waals surface area contributed by atoms with Crippen molar-refractivity contribution in [2.24, 2.45) is 0 Å². The van der Waals surface area contributed by atoms with Gasteiger partial charge in [-0.15, -0.1) is 0 Å². The molecule has 0 fully saturated rings. The molecule has 0 aromatic heterocycles. The third kappa shape index (κ3) is 5.53. The van der Waals surface area contributed by atoms with Gasteiger partial charge in [0.25, 0.3) is 5.91 Å². The van der Waals surface area contributed by atoms with Crippen molar-refractivity contribution in [2.75, 3.05) is 11.9 Å². The molecule has 1 amide bonds. The highest BCUT2D eigenvalue weighted by Crippen LogP contribution is 2.27. The maximum atomic E-state index is 12.2. The van der Waals surface area contributed by atoms with E-state index in [0.29, 0.717) is 17.2 Å². The highest BCUT2D eigenvalue weighted by molar-refractivity contribution is 5.96. The summed E-state index contributed by atoms with van der Waals surface area (Å²) < 4.78 is 11.1.